The highest BCUT2D eigenvalue weighted by Gasteiger charge is 2.27. The number of halogens is 3. The fourth-order valence-corrected chi connectivity index (χ4v) is 5.53. The van der Waals surface area contributed by atoms with E-state index in [1.165, 1.54) is 24.3 Å². The third-order valence-electron chi connectivity index (χ3n) is 4.71. The Kier molecular flexibility index (Phi) is 6.79. The van der Waals surface area contributed by atoms with Crippen LogP contribution in [-0.4, -0.2) is 11.3 Å². The molecule has 1 unspecified atom stereocenters. The van der Waals surface area contributed by atoms with Gasteiger partial charge in [-0.25, -0.2) is 0 Å². The van der Waals surface area contributed by atoms with Gasteiger partial charge in [0.2, 0.25) is 5.52 Å². The van der Waals surface area contributed by atoms with Gasteiger partial charge >= 0.3 is 0 Å². The molecule has 0 fully saturated rings. The van der Waals surface area contributed by atoms with Gasteiger partial charge in [0.05, 0.1) is 25.9 Å². The summed E-state index contributed by atoms with van der Waals surface area (Å²) in [5.74, 6) is -0.545. The number of benzene rings is 3. The summed E-state index contributed by atoms with van der Waals surface area (Å²) in [6, 6.07) is 13.0. The molecular weight excluding hydrogens is 462 g/mol. The lowest BCUT2D eigenvalue weighted by molar-refractivity contribution is 0.103. The molecular formula is C23H17Cl3O3P. The molecule has 0 saturated heterocycles. The Balaban J connectivity index is 2.11. The fraction of sp³-hybridized carbons (Fsp3) is 0.130. The van der Waals surface area contributed by atoms with E-state index in [9.17, 15) is 14.2 Å². The lowest BCUT2D eigenvalue weighted by atomic mass is 10.0. The molecule has 30 heavy (non-hydrogen) atoms. The Hall–Kier alpha value is -2.03. The number of hydrogen-bond donors (Lipinski definition) is 0. The van der Waals surface area contributed by atoms with E-state index in [0.717, 1.165) is 16.7 Å². The van der Waals surface area contributed by atoms with Crippen LogP contribution in [0.25, 0.3) is 0 Å². The summed E-state index contributed by atoms with van der Waals surface area (Å²) in [7, 11) is -2.55. The van der Waals surface area contributed by atoms with Crippen LogP contribution in [0.5, 0.6) is 0 Å². The molecule has 3 rings (SSSR count). The Morgan fingerprint density at radius 1 is 0.800 bits per heavy atom. The molecule has 0 amide bonds. The zero-order chi connectivity index (χ0) is 22.2. The summed E-state index contributed by atoms with van der Waals surface area (Å²) in [6.45, 7) is 5.54. The monoisotopic (exact) mass is 477 g/mol. The molecule has 0 aromatic heterocycles. The summed E-state index contributed by atoms with van der Waals surface area (Å²) in [4.78, 5) is 26.4. The Morgan fingerprint density at radius 2 is 1.37 bits per heavy atom. The molecule has 0 heterocycles. The Labute approximate surface area is 190 Å². The van der Waals surface area contributed by atoms with Gasteiger partial charge in [0.15, 0.2) is 13.6 Å². The summed E-state index contributed by atoms with van der Waals surface area (Å²) >= 11 is 18.4. The Bertz CT molecular complexity index is 1200. The van der Waals surface area contributed by atoms with Crippen LogP contribution in [0.4, 0.5) is 0 Å². The van der Waals surface area contributed by atoms with Crippen molar-refractivity contribution in [2.45, 2.75) is 20.8 Å². The third-order valence-corrected chi connectivity index (χ3v) is 7.25. The van der Waals surface area contributed by atoms with Gasteiger partial charge in [-0.2, -0.15) is 0 Å². The predicted octanol–water partition coefficient (Wildman–Crippen LogP) is 7.10. The first-order valence-corrected chi connectivity index (χ1v) is 11.4. The second kappa shape index (κ2) is 8.99. The number of carbonyl (C=O) groups excluding carboxylic acids is 2. The first-order valence-electron chi connectivity index (χ1n) is 9.00. The van der Waals surface area contributed by atoms with Crippen LogP contribution in [0.3, 0.4) is 0 Å². The minimum Gasteiger partial charge on any atom is -0.288 e. The zero-order valence-corrected chi connectivity index (χ0v) is 19.6. The molecule has 3 aromatic carbocycles. The number of aryl methyl sites for hydroxylation is 3. The first kappa shape index (κ1) is 22.7. The highest BCUT2D eigenvalue weighted by molar-refractivity contribution is 7.71. The molecule has 0 aliphatic carbocycles. The van der Waals surface area contributed by atoms with Crippen LogP contribution in [0.15, 0.2) is 48.5 Å². The minimum absolute atomic E-state index is 0.00995. The van der Waals surface area contributed by atoms with E-state index in [-0.39, 0.29) is 31.5 Å². The van der Waals surface area contributed by atoms with Crippen molar-refractivity contribution < 1.29 is 14.2 Å². The summed E-state index contributed by atoms with van der Waals surface area (Å²) in [5.41, 5.74) is 2.48. The SMILES string of the molecule is Cc1cc(C)c(C(=O)[P](=O)c2ccccc2C(=O)c2c(Cl)ccc(Cl)c2Cl)c(C)c1. The second-order valence-electron chi connectivity index (χ2n) is 6.94. The van der Waals surface area contributed by atoms with E-state index in [2.05, 4.69) is 0 Å². The van der Waals surface area contributed by atoms with E-state index in [1.807, 2.05) is 19.1 Å². The largest absolute Gasteiger partial charge is 0.288 e. The van der Waals surface area contributed by atoms with Crippen molar-refractivity contribution >= 4 is 59.2 Å². The molecule has 0 aliphatic heterocycles. The van der Waals surface area contributed by atoms with Crippen molar-refractivity contribution in [3.8, 4) is 0 Å². The predicted molar refractivity (Wildman–Crippen MR) is 124 cm³/mol. The molecule has 0 saturated carbocycles. The molecule has 7 heteroatoms. The van der Waals surface area contributed by atoms with Gasteiger partial charge in [-0.3, -0.25) is 14.2 Å². The smallest absolute Gasteiger partial charge is 0.247 e. The molecule has 0 spiro atoms. The van der Waals surface area contributed by atoms with Gasteiger partial charge < -0.3 is 0 Å². The van der Waals surface area contributed by atoms with Crippen molar-refractivity contribution in [3.05, 3.63) is 97.0 Å². The average molecular weight is 479 g/mol. The number of carbonyl (C=O) groups is 2. The lowest BCUT2D eigenvalue weighted by Gasteiger charge is -2.13. The van der Waals surface area contributed by atoms with E-state index >= 15 is 0 Å². The molecule has 0 bridgehead atoms. The Morgan fingerprint density at radius 3 is 2.00 bits per heavy atom. The highest BCUT2D eigenvalue weighted by atomic mass is 35.5. The minimum atomic E-state index is -2.55. The van der Waals surface area contributed by atoms with Crippen molar-refractivity contribution in [2.24, 2.45) is 0 Å². The number of ketones is 1. The van der Waals surface area contributed by atoms with Crippen LogP contribution in [0.2, 0.25) is 15.1 Å². The maximum Gasteiger partial charge on any atom is 0.247 e. The van der Waals surface area contributed by atoms with Crippen LogP contribution >= 0.6 is 42.6 Å². The van der Waals surface area contributed by atoms with Crippen LogP contribution in [-0.2, 0) is 4.57 Å². The average Bonchev–Trinajstić information content (AvgIpc) is 2.69. The normalized spacial score (nSPS) is 11.3. The molecule has 3 aromatic rings. The molecule has 0 aliphatic rings. The van der Waals surface area contributed by atoms with Gasteiger partial charge in [0.25, 0.3) is 0 Å². The fourth-order valence-electron chi connectivity index (χ4n) is 3.44. The third kappa shape index (κ3) is 4.22. The highest BCUT2D eigenvalue weighted by Crippen LogP contribution is 2.35. The van der Waals surface area contributed by atoms with Crippen molar-refractivity contribution in [2.75, 3.05) is 0 Å². The molecule has 3 nitrogen and oxygen atoms in total. The van der Waals surface area contributed by atoms with Gasteiger partial charge in [0.1, 0.15) is 0 Å². The summed E-state index contributed by atoms with van der Waals surface area (Å²) in [5, 5.41) is 0.439. The quantitative estimate of drug-likeness (QED) is 0.223. The maximum absolute atomic E-state index is 13.3. The maximum atomic E-state index is 13.3. The standard InChI is InChI=1S/C23H17Cl3O3P/c1-12-10-13(2)19(14(3)11-12)23(28)30(29)18-7-5-4-6-15(18)22(27)20-16(24)8-9-17(25)21(20)26/h4-11H,1-3H3. The second-order valence-corrected chi connectivity index (χ2v) is 9.61. The van der Waals surface area contributed by atoms with Crippen molar-refractivity contribution in [3.63, 3.8) is 0 Å². The van der Waals surface area contributed by atoms with Crippen LogP contribution in [0, 0.1) is 20.8 Å². The number of hydrogen-bond acceptors (Lipinski definition) is 3. The molecule has 153 valence electrons. The van der Waals surface area contributed by atoms with E-state index < -0.39 is 19.1 Å². The first-order chi connectivity index (χ1) is 14.1. The van der Waals surface area contributed by atoms with E-state index in [4.69, 9.17) is 34.8 Å². The number of rotatable bonds is 5. The summed E-state index contributed by atoms with van der Waals surface area (Å²) in [6.07, 6.45) is 0. The molecule has 0 N–H and O–H groups in total. The van der Waals surface area contributed by atoms with Gasteiger partial charge in [-0.05, 0) is 56.2 Å². The molecule has 1 atom stereocenters. The lowest BCUT2D eigenvalue weighted by Crippen LogP contribution is -2.17. The molecule has 1 radical (unpaired) electrons. The zero-order valence-electron chi connectivity index (χ0n) is 16.4. The van der Waals surface area contributed by atoms with E-state index in [1.54, 1.807) is 26.0 Å². The van der Waals surface area contributed by atoms with Gasteiger partial charge in [-0.15, -0.1) is 0 Å². The summed E-state index contributed by atoms with van der Waals surface area (Å²) < 4.78 is 13.3. The topological polar surface area (TPSA) is 51.2 Å². The van der Waals surface area contributed by atoms with Crippen molar-refractivity contribution in [1.29, 1.82) is 0 Å². The van der Waals surface area contributed by atoms with Crippen LogP contribution in [0.1, 0.15) is 43.0 Å². The van der Waals surface area contributed by atoms with Gasteiger partial charge in [0, 0.05) is 11.1 Å². The van der Waals surface area contributed by atoms with Gasteiger partial charge in [-0.1, -0.05) is 64.6 Å². The van der Waals surface area contributed by atoms with Crippen LogP contribution < -0.4 is 5.30 Å². The van der Waals surface area contributed by atoms with Crippen molar-refractivity contribution in [1.82, 2.24) is 0 Å². The van der Waals surface area contributed by atoms with E-state index in [0.29, 0.717) is 5.56 Å².